The molecule has 2 aromatic rings. The second-order valence-corrected chi connectivity index (χ2v) is 6.17. The number of benzene rings is 1. The van der Waals surface area contributed by atoms with Crippen LogP contribution in [0.15, 0.2) is 18.2 Å². The Morgan fingerprint density at radius 2 is 2.36 bits per heavy atom. The van der Waals surface area contributed by atoms with E-state index in [0.717, 1.165) is 42.1 Å². The van der Waals surface area contributed by atoms with E-state index in [9.17, 15) is 4.79 Å². The molecule has 0 saturated carbocycles. The number of aromatic amines is 1. The maximum Gasteiger partial charge on any atom is 0.246 e. The molecule has 7 heteroatoms. The highest BCUT2D eigenvalue weighted by Gasteiger charge is 2.14. The van der Waals surface area contributed by atoms with Crippen LogP contribution < -0.4 is 10.1 Å². The average Bonchev–Trinajstić information content (AvgIpc) is 3.04. The molecule has 0 aliphatic carbocycles. The van der Waals surface area contributed by atoms with Gasteiger partial charge in [0.25, 0.3) is 0 Å². The third-order valence-corrected chi connectivity index (χ3v) is 4.23. The first kappa shape index (κ1) is 17.7. The smallest absolute Gasteiger partial charge is 0.246 e. The van der Waals surface area contributed by atoms with Crippen molar-refractivity contribution in [2.24, 2.45) is 0 Å². The van der Waals surface area contributed by atoms with Crippen LogP contribution >= 0.6 is 0 Å². The second kappa shape index (κ2) is 8.82. The van der Waals surface area contributed by atoms with Crippen molar-refractivity contribution >= 4 is 16.9 Å². The molecule has 0 bridgehead atoms. The lowest BCUT2D eigenvalue weighted by Gasteiger charge is -2.22. The molecule has 1 amide bonds. The van der Waals surface area contributed by atoms with Gasteiger partial charge in [0.1, 0.15) is 18.2 Å². The van der Waals surface area contributed by atoms with E-state index < -0.39 is 0 Å². The topological polar surface area (TPSA) is 85.5 Å². The number of carbonyl (C=O) groups is 1. The maximum absolute atomic E-state index is 11.8. The molecule has 1 aromatic heterocycles. The monoisotopic (exact) mass is 347 g/mol. The molecular weight excluding hydrogens is 322 g/mol. The zero-order valence-electron chi connectivity index (χ0n) is 14.5. The van der Waals surface area contributed by atoms with Crippen LogP contribution in [0.3, 0.4) is 0 Å². The van der Waals surface area contributed by atoms with Crippen molar-refractivity contribution in [1.82, 2.24) is 15.3 Å². The molecule has 0 spiro atoms. The lowest BCUT2D eigenvalue weighted by molar-refractivity contribution is -0.127. The summed E-state index contributed by atoms with van der Waals surface area (Å²) in [5.41, 5.74) is 1.81. The molecule has 25 heavy (non-hydrogen) atoms. The number of hydrogen-bond donors (Lipinski definition) is 2. The second-order valence-electron chi connectivity index (χ2n) is 6.17. The van der Waals surface area contributed by atoms with Crippen LogP contribution in [0.25, 0.3) is 11.0 Å². The van der Waals surface area contributed by atoms with E-state index >= 15 is 0 Å². The highest BCUT2D eigenvalue weighted by molar-refractivity contribution is 5.77. The van der Waals surface area contributed by atoms with Crippen molar-refractivity contribution < 1.29 is 19.0 Å². The third-order valence-electron chi connectivity index (χ3n) is 4.23. The van der Waals surface area contributed by atoms with Gasteiger partial charge in [-0.05, 0) is 31.4 Å². The lowest BCUT2D eigenvalue weighted by Crippen LogP contribution is -2.32. The van der Waals surface area contributed by atoms with Gasteiger partial charge in [-0.25, -0.2) is 4.98 Å². The Labute approximate surface area is 147 Å². The number of nitrogens with one attached hydrogen (secondary N) is 2. The number of aromatic nitrogens is 2. The van der Waals surface area contributed by atoms with E-state index in [1.807, 2.05) is 18.2 Å². The molecule has 136 valence electrons. The number of hydrogen-bond acceptors (Lipinski definition) is 5. The van der Waals surface area contributed by atoms with Gasteiger partial charge in [-0.3, -0.25) is 4.79 Å². The van der Waals surface area contributed by atoms with Gasteiger partial charge in [-0.1, -0.05) is 0 Å². The van der Waals surface area contributed by atoms with Crippen LogP contribution in [0, 0.1) is 0 Å². The molecule has 3 rings (SSSR count). The van der Waals surface area contributed by atoms with E-state index in [1.165, 1.54) is 6.42 Å². The number of imidazole rings is 1. The fraction of sp³-hybridized carbons (Fsp3) is 0.556. The molecule has 1 atom stereocenters. The van der Waals surface area contributed by atoms with Crippen molar-refractivity contribution in [2.45, 2.75) is 31.8 Å². The fourth-order valence-electron chi connectivity index (χ4n) is 2.88. The lowest BCUT2D eigenvalue weighted by atomic mass is 10.1. The minimum atomic E-state index is -0.117. The summed E-state index contributed by atoms with van der Waals surface area (Å²) in [5.74, 6) is 1.50. The van der Waals surface area contributed by atoms with Crippen LogP contribution in [0.4, 0.5) is 0 Å². The minimum absolute atomic E-state index is 0.0667. The summed E-state index contributed by atoms with van der Waals surface area (Å²) in [6.07, 6.45) is 4.07. The Kier molecular flexibility index (Phi) is 6.25. The normalized spacial score (nSPS) is 17.6. The molecule has 2 heterocycles. The van der Waals surface area contributed by atoms with Gasteiger partial charge in [0.15, 0.2) is 0 Å². The largest absolute Gasteiger partial charge is 0.497 e. The average molecular weight is 347 g/mol. The number of methoxy groups -OCH3 is 1. The Balaban J connectivity index is 1.36. The molecule has 0 radical (unpaired) electrons. The predicted molar refractivity (Wildman–Crippen MR) is 93.8 cm³/mol. The van der Waals surface area contributed by atoms with Crippen molar-refractivity contribution in [3.8, 4) is 5.75 Å². The van der Waals surface area contributed by atoms with E-state index in [0.29, 0.717) is 19.6 Å². The van der Waals surface area contributed by atoms with Crippen LogP contribution in [0.1, 0.15) is 25.1 Å². The van der Waals surface area contributed by atoms with Crippen molar-refractivity contribution in [2.75, 3.05) is 33.5 Å². The first-order valence-electron chi connectivity index (χ1n) is 8.73. The molecule has 2 N–H and O–H groups in total. The summed E-state index contributed by atoms with van der Waals surface area (Å²) in [6, 6.07) is 5.70. The number of nitrogens with zero attached hydrogens (tertiary/aromatic N) is 1. The molecule has 1 aromatic carbocycles. The van der Waals surface area contributed by atoms with Crippen LogP contribution in [-0.4, -0.2) is 55.5 Å². The first-order chi connectivity index (χ1) is 12.2. The van der Waals surface area contributed by atoms with Gasteiger partial charge >= 0.3 is 0 Å². The highest BCUT2D eigenvalue weighted by atomic mass is 16.5. The van der Waals surface area contributed by atoms with Crippen molar-refractivity contribution in [3.05, 3.63) is 24.0 Å². The number of fused-ring (bicyclic) bond motifs is 1. The van der Waals surface area contributed by atoms with E-state index in [1.54, 1.807) is 7.11 Å². The Bertz CT molecular complexity index is 695. The Morgan fingerprint density at radius 3 is 3.16 bits per heavy atom. The van der Waals surface area contributed by atoms with Gasteiger partial charge in [0.05, 0.1) is 30.9 Å². The quantitative estimate of drug-likeness (QED) is 0.761. The molecule has 7 nitrogen and oxygen atoms in total. The summed E-state index contributed by atoms with van der Waals surface area (Å²) in [4.78, 5) is 19.5. The molecule has 1 saturated heterocycles. The summed E-state index contributed by atoms with van der Waals surface area (Å²) >= 11 is 0. The summed E-state index contributed by atoms with van der Waals surface area (Å²) in [5, 5.41) is 2.85. The van der Waals surface area contributed by atoms with E-state index in [2.05, 4.69) is 15.3 Å². The zero-order chi connectivity index (χ0) is 17.5. The highest BCUT2D eigenvalue weighted by Crippen LogP contribution is 2.18. The van der Waals surface area contributed by atoms with Crippen LogP contribution in [-0.2, 0) is 20.7 Å². The Hall–Kier alpha value is -2.12. The molecule has 1 unspecified atom stereocenters. The van der Waals surface area contributed by atoms with Crippen LogP contribution in [0.5, 0.6) is 5.75 Å². The van der Waals surface area contributed by atoms with Gasteiger partial charge in [-0.15, -0.1) is 0 Å². The molecule has 1 fully saturated rings. The fourth-order valence-corrected chi connectivity index (χ4v) is 2.88. The van der Waals surface area contributed by atoms with Gasteiger partial charge in [0.2, 0.25) is 5.91 Å². The number of H-pyrrole nitrogens is 1. The van der Waals surface area contributed by atoms with Gasteiger partial charge in [0, 0.05) is 25.6 Å². The molecule has 1 aliphatic rings. The van der Waals surface area contributed by atoms with Gasteiger partial charge < -0.3 is 24.5 Å². The summed E-state index contributed by atoms with van der Waals surface area (Å²) < 4.78 is 16.2. The number of amides is 1. The third kappa shape index (κ3) is 5.17. The van der Waals surface area contributed by atoms with Crippen LogP contribution in [0.2, 0.25) is 0 Å². The van der Waals surface area contributed by atoms with Gasteiger partial charge in [-0.2, -0.15) is 0 Å². The van der Waals surface area contributed by atoms with Crippen molar-refractivity contribution in [1.29, 1.82) is 0 Å². The SMILES string of the molecule is COc1ccc2nc(CCNC(=O)COCC3CCCCO3)[nH]c2c1. The summed E-state index contributed by atoms with van der Waals surface area (Å²) in [7, 11) is 1.64. The number of carbonyl (C=O) groups excluding carboxylic acids is 1. The number of rotatable bonds is 8. The minimum Gasteiger partial charge on any atom is -0.497 e. The van der Waals surface area contributed by atoms with Crippen molar-refractivity contribution in [3.63, 3.8) is 0 Å². The zero-order valence-corrected chi connectivity index (χ0v) is 14.5. The molecule has 1 aliphatic heterocycles. The number of ether oxygens (including phenoxy) is 3. The predicted octanol–water partition coefficient (Wildman–Crippen LogP) is 1.82. The Morgan fingerprint density at radius 1 is 1.44 bits per heavy atom. The van der Waals surface area contributed by atoms with E-state index in [-0.39, 0.29) is 18.6 Å². The standard InChI is InChI=1S/C18H25N3O4/c1-23-13-5-6-15-16(10-13)21-17(20-15)7-8-19-18(22)12-24-11-14-4-2-3-9-25-14/h5-6,10,14H,2-4,7-9,11-12H2,1H3,(H,19,22)(H,20,21). The first-order valence-corrected chi connectivity index (χ1v) is 8.73. The maximum atomic E-state index is 11.8. The summed E-state index contributed by atoms with van der Waals surface area (Å²) in [6.45, 7) is 1.86. The van der Waals surface area contributed by atoms with E-state index in [4.69, 9.17) is 14.2 Å². The molecular formula is C18H25N3O4.